The molecule has 0 radical (unpaired) electrons. The number of anilines is 1. The average molecular weight is 336 g/mol. The molecule has 1 aromatic carbocycles. The van der Waals surface area contributed by atoms with E-state index in [1.165, 1.54) is 18.2 Å². The molecule has 1 aromatic heterocycles. The van der Waals surface area contributed by atoms with Crippen LogP contribution in [0.25, 0.3) is 6.08 Å². The number of likely N-dealkylation sites (tertiary alicyclic amines) is 1. The predicted molar refractivity (Wildman–Crippen MR) is 101 cm³/mol. The molecular weight excluding hydrogens is 312 g/mol. The van der Waals surface area contributed by atoms with Crippen molar-refractivity contribution in [2.24, 2.45) is 0 Å². The van der Waals surface area contributed by atoms with E-state index in [0.29, 0.717) is 24.0 Å². The largest absolute Gasteiger partial charge is 0.384 e. The van der Waals surface area contributed by atoms with Gasteiger partial charge in [0.05, 0.1) is 5.56 Å². The van der Waals surface area contributed by atoms with Crippen LogP contribution in [-0.2, 0) is 0 Å². The fourth-order valence-corrected chi connectivity index (χ4v) is 3.11. The standard InChI is InChI=1S/C20H24N4O/c21-19-11-10-17(14-22-19)20(25)23-15-18-9-5-13-24(18)12-4-8-16-6-2-1-3-7-16/h1-4,6-8,10-11,14,18H,5,9,12-13,15H2,(H2,21,22)(H,23,25). The van der Waals surface area contributed by atoms with E-state index in [2.05, 4.69) is 39.5 Å². The number of carbonyl (C=O) groups excluding carboxylic acids is 1. The number of aromatic nitrogens is 1. The van der Waals surface area contributed by atoms with E-state index < -0.39 is 0 Å². The van der Waals surface area contributed by atoms with Crippen molar-refractivity contribution in [2.75, 3.05) is 25.4 Å². The van der Waals surface area contributed by atoms with Crippen LogP contribution in [0.15, 0.2) is 54.7 Å². The van der Waals surface area contributed by atoms with Crippen molar-refractivity contribution in [1.29, 1.82) is 0 Å². The van der Waals surface area contributed by atoms with Crippen molar-refractivity contribution in [1.82, 2.24) is 15.2 Å². The van der Waals surface area contributed by atoms with Gasteiger partial charge in [0.2, 0.25) is 0 Å². The molecule has 1 fully saturated rings. The summed E-state index contributed by atoms with van der Waals surface area (Å²) in [6.45, 7) is 2.63. The molecule has 2 aromatic rings. The van der Waals surface area contributed by atoms with Crippen molar-refractivity contribution >= 4 is 17.8 Å². The fraction of sp³-hybridized carbons (Fsp3) is 0.300. The SMILES string of the molecule is Nc1ccc(C(=O)NCC2CCCN2CC=Cc2ccccc2)cn1. The molecule has 1 aliphatic rings. The molecule has 1 saturated heterocycles. The Kier molecular flexibility index (Phi) is 5.80. The fourth-order valence-electron chi connectivity index (χ4n) is 3.11. The molecule has 1 amide bonds. The van der Waals surface area contributed by atoms with Gasteiger partial charge in [-0.2, -0.15) is 0 Å². The third kappa shape index (κ3) is 4.90. The van der Waals surface area contributed by atoms with E-state index >= 15 is 0 Å². The summed E-state index contributed by atoms with van der Waals surface area (Å²) in [7, 11) is 0. The lowest BCUT2D eigenvalue weighted by Crippen LogP contribution is -2.40. The maximum atomic E-state index is 12.2. The van der Waals surface area contributed by atoms with Gasteiger partial charge in [-0.05, 0) is 37.1 Å². The third-order valence-corrected chi connectivity index (χ3v) is 4.50. The molecule has 2 heterocycles. The Labute approximate surface area is 148 Å². The van der Waals surface area contributed by atoms with Crippen molar-refractivity contribution < 1.29 is 4.79 Å². The molecule has 3 rings (SSSR count). The minimum atomic E-state index is -0.0980. The van der Waals surface area contributed by atoms with Crippen LogP contribution in [-0.4, -0.2) is 41.5 Å². The minimum absolute atomic E-state index is 0.0980. The highest BCUT2D eigenvalue weighted by Gasteiger charge is 2.23. The van der Waals surface area contributed by atoms with Gasteiger partial charge in [0.15, 0.2) is 0 Å². The summed E-state index contributed by atoms with van der Waals surface area (Å²) in [5.41, 5.74) is 7.31. The molecule has 0 spiro atoms. The van der Waals surface area contributed by atoms with Gasteiger partial charge in [0, 0.05) is 25.3 Å². The topological polar surface area (TPSA) is 71.2 Å². The van der Waals surface area contributed by atoms with E-state index in [9.17, 15) is 4.79 Å². The Morgan fingerprint density at radius 3 is 2.88 bits per heavy atom. The van der Waals surface area contributed by atoms with Crippen LogP contribution in [0.4, 0.5) is 5.82 Å². The Hall–Kier alpha value is -2.66. The van der Waals surface area contributed by atoms with Crippen LogP contribution in [0.1, 0.15) is 28.8 Å². The van der Waals surface area contributed by atoms with Gasteiger partial charge < -0.3 is 11.1 Å². The summed E-state index contributed by atoms with van der Waals surface area (Å²) in [6, 6.07) is 14.0. The van der Waals surface area contributed by atoms with Gasteiger partial charge in [-0.1, -0.05) is 42.5 Å². The molecule has 1 aliphatic heterocycles. The summed E-state index contributed by atoms with van der Waals surface area (Å²) >= 11 is 0. The maximum absolute atomic E-state index is 12.2. The van der Waals surface area contributed by atoms with Gasteiger partial charge in [0.25, 0.3) is 5.91 Å². The van der Waals surface area contributed by atoms with Crippen molar-refractivity contribution in [3.63, 3.8) is 0 Å². The Morgan fingerprint density at radius 2 is 2.12 bits per heavy atom. The molecule has 5 nitrogen and oxygen atoms in total. The van der Waals surface area contributed by atoms with Gasteiger partial charge in [-0.15, -0.1) is 0 Å². The first-order chi connectivity index (χ1) is 12.2. The number of pyridine rings is 1. The number of nitrogens with zero attached hydrogens (tertiary/aromatic N) is 2. The molecule has 25 heavy (non-hydrogen) atoms. The molecule has 5 heteroatoms. The first-order valence-electron chi connectivity index (χ1n) is 8.68. The summed E-state index contributed by atoms with van der Waals surface area (Å²) < 4.78 is 0. The second kappa shape index (κ2) is 8.44. The molecule has 0 saturated carbocycles. The van der Waals surface area contributed by atoms with E-state index in [4.69, 9.17) is 5.73 Å². The summed E-state index contributed by atoms with van der Waals surface area (Å²) in [5.74, 6) is 0.322. The van der Waals surface area contributed by atoms with Crippen molar-refractivity contribution in [3.8, 4) is 0 Å². The smallest absolute Gasteiger partial charge is 0.252 e. The van der Waals surface area contributed by atoms with Crippen molar-refractivity contribution in [2.45, 2.75) is 18.9 Å². The summed E-state index contributed by atoms with van der Waals surface area (Å²) in [4.78, 5) is 18.6. The van der Waals surface area contributed by atoms with Crippen molar-refractivity contribution in [3.05, 3.63) is 65.9 Å². The van der Waals surface area contributed by atoms with Gasteiger partial charge in [-0.3, -0.25) is 9.69 Å². The predicted octanol–water partition coefficient (Wildman–Crippen LogP) is 2.57. The highest BCUT2D eigenvalue weighted by molar-refractivity contribution is 5.94. The van der Waals surface area contributed by atoms with Crippen LogP contribution in [0.3, 0.4) is 0 Å². The average Bonchev–Trinajstić information content (AvgIpc) is 3.08. The van der Waals surface area contributed by atoms with E-state index in [-0.39, 0.29) is 5.91 Å². The quantitative estimate of drug-likeness (QED) is 0.850. The first-order valence-corrected chi connectivity index (χ1v) is 8.68. The zero-order chi connectivity index (χ0) is 17.5. The molecule has 130 valence electrons. The van der Waals surface area contributed by atoms with Crippen LogP contribution in [0, 0.1) is 0 Å². The van der Waals surface area contributed by atoms with Crippen LogP contribution < -0.4 is 11.1 Å². The Balaban J connectivity index is 1.49. The van der Waals surface area contributed by atoms with Gasteiger partial charge in [-0.25, -0.2) is 4.98 Å². The summed E-state index contributed by atoms with van der Waals surface area (Å²) in [5, 5.41) is 3.01. The van der Waals surface area contributed by atoms with Crippen LogP contribution >= 0.6 is 0 Å². The molecule has 0 aliphatic carbocycles. The monoisotopic (exact) mass is 336 g/mol. The lowest BCUT2D eigenvalue weighted by atomic mass is 10.2. The second-order valence-electron chi connectivity index (χ2n) is 6.29. The van der Waals surface area contributed by atoms with E-state index in [1.54, 1.807) is 12.1 Å². The number of carbonyl (C=O) groups is 1. The lowest BCUT2D eigenvalue weighted by Gasteiger charge is -2.23. The number of hydrogen-bond donors (Lipinski definition) is 2. The highest BCUT2D eigenvalue weighted by atomic mass is 16.1. The molecule has 3 N–H and O–H groups in total. The number of hydrogen-bond acceptors (Lipinski definition) is 4. The number of amides is 1. The highest BCUT2D eigenvalue weighted by Crippen LogP contribution is 2.16. The zero-order valence-corrected chi connectivity index (χ0v) is 14.3. The normalized spacial score (nSPS) is 17.8. The first kappa shape index (κ1) is 17.2. The second-order valence-corrected chi connectivity index (χ2v) is 6.29. The number of nitrogens with one attached hydrogen (secondary N) is 1. The molecule has 1 atom stereocenters. The maximum Gasteiger partial charge on any atom is 0.252 e. The Bertz CT molecular complexity index is 712. The Morgan fingerprint density at radius 1 is 1.28 bits per heavy atom. The number of nitrogen functional groups attached to an aromatic ring is 1. The van der Waals surface area contributed by atoms with E-state index in [0.717, 1.165) is 19.5 Å². The summed E-state index contributed by atoms with van der Waals surface area (Å²) in [6.07, 6.45) is 8.13. The minimum Gasteiger partial charge on any atom is -0.384 e. The molecular formula is C20H24N4O. The number of nitrogens with two attached hydrogens (primary N) is 1. The van der Waals surface area contributed by atoms with Gasteiger partial charge >= 0.3 is 0 Å². The number of benzene rings is 1. The van der Waals surface area contributed by atoms with Crippen LogP contribution in [0.5, 0.6) is 0 Å². The van der Waals surface area contributed by atoms with E-state index in [1.807, 2.05) is 18.2 Å². The third-order valence-electron chi connectivity index (χ3n) is 4.50. The zero-order valence-electron chi connectivity index (χ0n) is 14.3. The molecule has 1 unspecified atom stereocenters. The molecule has 0 bridgehead atoms. The van der Waals surface area contributed by atoms with Crippen LogP contribution in [0.2, 0.25) is 0 Å². The number of rotatable bonds is 6. The van der Waals surface area contributed by atoms with Gasteiger partial charge in [0.1, 0.15) is 5.82 Å². The lowest BCUT2D eigenvalue weighted by molar-refractivity contribution is 0.0942.